The van der Waals surface area contributed by atoms with Crippen LogP contribution in [0.15, 0.2) is 22.8 Å². The van der Waals surface area contributed by atoms with Gasteiger partial charge in [-0.15, -0.1) is 0 Å². The molecule has 2 aromatic rings. The fourth-order valence-electron chi connectivity index (χ4n) is 1.94. The highest BCUT2D eigenvalue weighted by molar-refractivity contribution is 9.10. The van der Waals surface area contributed by atoms with Crippen LogP contribution >= 0.6 is 15.9 Å². The maximum atomic E-state index is 14.3. The number of amides is 1. The number of anilines is 2. The molecule has 0 aliphatic carbocycles. The largest absolute Gasteiger partial charge is 0.337 e. The third-order valence-corrected chi connectivity index (χ3v) is 3.58. The zero-order chi connectivity index (χ0) is 19.6. The molecule has 26 heavy (non-hydrogen) atoms. The fraction of sp³-hybridized carbons (Fsp3) is 0.294. The summed E-state index contributed by atoms with van der Waals surface area (Å²) in [6.45, 7) is 6.70. The summed E-state index contributed by atoms with van der Waals surface area (Å²) in [6, 6.07) is 2.28. The first kappa shape index (κ1) is 20.2. The van der Waals surface area contributed by atoms with Gasteiger partial charge in [-0.25, -0.2) is 23.6 Å². The van der Waals surface area contributed by atoms with Gasteiger partial charge >= 0.3 is 0 Å². The zero-order valence-electron chi connectivity index (χ0n) is 14.5. The van der Waals surface area contributed by atoms with Crippen molar-refractivity contribution in [1.29, 1.82) is 0 Å². The molecule has 1 heterocycles. The molecule has 140 valence electrons. The Kier molecular flexibility index (Phi) is 5.92. The Morgan fingerprint density at radius 1 is 1.19 bits per heavy atom. The molecule has 0 aliphatic rings. The highest BCUT2D eigenvalue weighted by Crippen LogP contribution is 2.29. The summed E-state index contributed by atoms with van der Waals surface area (Å²) in [4.78, 5) is 21.5. The fourth-order valence-corrected chi connectivity index (χ4v) is 2.39. The molecular weight excluding hydrogens is 415 g/mol. The lowest BCUT2D eigenvalue weighted by Crippen LogP contribution is -2.34. The number of rotatable bonds is 4. The summed E-state index contributed by atoms with van der Waals surface area (Å²) < 4.78 is 42.3. The van der Waals surface area contributed by atoms with Gasteiger partial charge in [0.15, 0.2) is 17.5 Å². The highest BCUT2D eigenvalue weighted by Gasteiger charge is 2.25. The van der Waals surface area contributed by atoms with Crippen LogP contribution in [-0.4, -0.2) is 16.5 Å². The Balaban J connectivity index is 2.46. The number of pyridine rings is 1. The van der Waals surface area contributed by atoms with Gasteiger partial charge in [0, 0.05) is 10.7 Å². The van der Waals surface area contributed by atoms with Crippen molar-refractivity contribution in [3.8, 4) is 0 Å². The first-order valence-corrected chi connectivity index (χ1v) is 8.34. The monoisotopic (exact) mass is 431 g/mol. The third-order valence-electron chi connectivity index (χ3n) is 3.15. The summed E-state index contributed by atoms with van der Waals surface area (Å²) in [6.07, 6.45) is 1.44. The van der Waals surface area contributed by atoms with E-state index < -0.39 is 40.2 Å². The van der Waals surface area contributed by atoms with Crippen LogP contribution in [0.3, 0.4) is 0 Å². The van der Waals surface area contributed by atoms with Crippen LogP contribution in [0.2, 0.25) is 0 Å². The number of aromatic nitrogens is 1. The van der Waals surface area contributed by atoms with Gasteiger partial charge < -0.3 is 5.32 Å². The zero-order valence-corrected chi connectivity index (χ0v) is 16.1. The first-order chi connectivity index (χ1) is 12.0. The van der Waals surface area contributed by atoms with Crippen molar-refractivity contribution < 1.29 is 22.8 Å². The molecule has 0 saturated heterocycles. The van der Waals surface area contributed by atoms with E-state index in [1.807, 2.05) is 0 Å². The van der Waals surface area contributed by atoms with Crippen LogP contribution in [0.1, 0.15) is 36.7 Å². The molecule has 1 aromatic carbocycles. The molecule has 0 atom stereocenters. The van der Waals surface area contributed by atoms with Crippen LogP contribution in [0.4, 0.5) is 24.7 Å². The Bertz CT molecular complexity index is 854. The molecule has 2 N–H and O–H groups in total. The van der Waals surface area contributed by atoms with E-state index >= 15 is 0 Å². The SMILES string of the molecule is Cc1cc(Br)cnc1Nc1c(C(=O)NOC(C)(C)C)cc(F)c(F)c1F. The lowest BCUT2D eigenvalue weighted by Gasteiger charge is -2.20. The van der Waals surface area contributed by atoms with Crippen molar-refractivity contribution in [3.05, 3.63) is 51.4 Å². The van der Waals surface area contributed by atoms with Crippen molar-refractivity contribution in [3.63, 3.8) is 0 Å². The topological polar surface area (TPSA) is 63.2 Å². The molecule has 2 rings (SSSR count). The highest BCUT2D eigenvalue weighted by atomic mass is 79.9. The third kappa shape index (κ3) is 4.73. The second kappa shape index (κ2) is 7.63. The van der Waals surface area contributed by atoms with Crippen molar-refractivity contribution in [2.24, 2.45) is 0 Å². The number of benzene rings is 1. The minimum Gasteiger partial charge on any atom is -0.337 e. The van der Waals surface area contributed by atoms with Crippen LogP contribution in [0.25, 0.3) is 0 Å². The molecule has 0 fully saturated rings. The summed E-state index contributed by atoms with van der Waals surface area (Å²) in [5.74, 6) is -5.47. The molecule has 0 saturated carbocycles. The van der Waals surface area contributed by atoms with Crippen LogP contribution in [0, 0.1) is 24.4 Å². The smallest absolute Gasteiger partial charge is 0.277 e. The van der Waals surface area contributed by atoms with Crippen molar-refractivity contribution in [1.82, 2.24) is 10.5 Å². The molecule has 0 spiro atoms. The predicted octanol–water partition coefficient (Wildman–Crippen LogP) is 4.77. The minimum absolute atomic E-state index is 0.184. The lowest BCUT2D eigenvalue weighted by molar-refractivity contribution is -0.0589. The van der Waals surface area contributed by atoms with Crippen molar-refractivity contribution in [2.75, 3.05) is 5.32 Å². The molecule has 1 aromatic heterocycles. The van der Waals surface area contributed by atoms with E-state index in [9.17, 15) is 18.0 Å². The van der Waals surface area contributed by atoms with E-state index in [0.717, 1.165) is 0 Å². The van der Waals surface area contributed by atoms with Gasteiger partial charge in [-0.3, -0.25) is 9.63 Å². The first-order valence-electron chi connectivity index (χ1n) is 7.54. The number of carbonyl (C=O) groups is 1. The molecule has 0 radical (unpaired) electrons. The Morgan fingerprint density at radius 3 is 2.42 bits per heavy atom. The van der Waals surface area contributed by atoms with Gasteiger partial charge in [-0.2, -0.15) is 0 Å². The number of hydrogen-bond acceptors (Lipinski definition) is 4. The van der Waals surface area contributed by atoms with Crippen LogP contribution in [-0.2, 0) is 4.84 Å². The summed E-state index contributed by atoms with van der Waals surface area (Å²) in [5.41, 5.74) is 0.958. The number of hydroxylamine groups is 1. The molecule has 0 unspecified atom stereocenters. The van der Waals surface area contributed by atoms with E-state index in [-0.39, 0.29) is 5.82 Å². The minimum atomic E-state index is -1.70. The maximum absolute atomic E-state index is 14.3. The van der Waals surface area contributed by atoms with Crippen LogP contribution in [0.5, 0.6) is 0 Å². The standard InChI is InChI=1S/C17H17BrF3N3O2/c1-8-5-9(18)7-22-15(8)23-14-10(6-11(19)12(20)13(14)21)16(25)24-26-17(2,3)4/h5-7H,1-4H3,(H,22,23)(H,24,25). The average Bonchev–Trinajstić information content (AvgIpc) is 2.54. The maximum Gasteiger partial charge on any atom is 0.277 e. The summed E-state index contributed by atoms with van der Waals surface area (Å²) in [5, 5.41) is 2.55. The number of aryl methyl sites for hydroxylation is 1. The molecule has 0 bridgehead atoms. The molecule has 1 amide bonds. The summed E-state index contributed by atoms with van der Waals surface area (Å²) >= 11 is 3.24. The Morgan fingerprint density at radius 2 is 1.85 bits per heavy atom. The molecule has 9 heteroatoms. The van der Waals surface area contributed by atoms with Crippen molar-refractivity contribution in [2.45, 2.75) is 33.3 Å². The van der Waals surface area contributed by atoms with Gasteiger partial charge in [0.2, 0.25) is 0 Å². The molecule has 5 nitrogen and oxygen atoms in total. The molecule has 0 aliphatic heterocycles. The number of hydrogen-bond donors (Lipinski definition) is 2. The normalized spacial score (nSPS) is 11.4. The van der Waals surface area contributed by atoms with Gasteiger partial charge in [-0.05, 0) is 61.3 Å². The van der Waals surface area contributed by atoms with E-state index in [4.69, 9.17) is 4.84 Å². The van der Waals surface area contributed by atoms with Gasteiger partial charge in [0.05, 0.1) is 16.9 Å². The summed E-state index contributed by atoms with van der Waals surface area (Å²) in [7, 11) is 0. The van der Waals surface area contributed by atoms with E-state index in [1.54, 1.807) is 33.8 Å². The second-order valence-electron chi connectivity index (χ2n) is 6.50. The van der Waals surface area contributed by atoms with E-state index in [2.05, 4.69) is 31.7 Å². The van der Waals surface area contributed by atoms with Gasteiger partial charge in [0.25, 0.3) is 5.91 Å². The number of carbonyl (C=O) groups excluding carboxylic acids is 1. The predicted molar refractivity (Wildman–Crippen MR) is 94.6 cm³/mol. The number of nitrogens with one attached hydrogen (secondary N) is 2. The van der Waals surface area contributed by atoms with Crippen molar-refractivity contribution >= 4 is 33.3 Å². The van der Waals surface area contributed by atoms with Gasteiger partial charge in [0.1, 0.15) is 5.82 Å². The lowest BCUT2D eigenvalue weighted by atomic mass is 10.1. The Labute approximate surface area is 157 Å². The van der Waals surface area contributed by atoms with E-state index in [1.165, 1.54) is 6.20 Å². The second-order valence-corrected chi connectivity index (χ2v) is 7.41. The quantitative estimate of drug-likeness (QED) is 0.540. The molecular formula is C17H17BrF3N3O2. The number of halogens is 4. The average molecular weight is 432 g/mol. The Hall–Kier alpha value is -2.13. The van der Waals surface area contributed by atoms with E-state index in [0.29, 0.717) is 16.1 Å². The number of nitrogens with zero attached hydrogens (tertiary/aromatic N) is 1. The van der Waals surface area contributed by atoms with Crippen LogP contribution < -0.4 is 10.8 Å². The van der Waals surface area contributed by atoms with Gasteiger partial charge in [-0.1, -0.05) is 0 Å².